The SMILES string of the molecule is CCCCCCCCCCCCCCCC(CCC[Si](OCCO)(OCCO)OCCO)CC(C)(C)N.Cl. The van der Waals surface area contributed by atoms with Gasteiger partial charge in [0.1, 0.15) is 0 Å². The standard InChI is InChI=1S/C29H63NO6Si.ClH/c1-4-5-6-7-8-9-10-11-12-13-14-15-16-18-28(27-29(2,3)30)19-17-26-37(34-23-20-31,35-24-21-32)36-25-22-33;/h28,31-33H,4-27,30H2,1-3H3;1H. The van der Waals surface area contributed by atoms with Crippen molar-refractivity contribution < 1.29 is 28.6 Å². The summed E-state index contributed by atoms with van der Waals surface area (Å²) in [6.07, 6.45) is 21.8. The van der Waals surface area contributed by atoms with E-state index in [1.54, 1.807) is 0 Å². The van der Waals surface area contributed by atoms with E-state index in [1.165, 1.54) is 89.9 Å². The normalized spacial score (nSPS) is 13.0. The topological polar surface area (TPSA) is 114 Å². The zero-order valence-corrected chi connectivity index (χ0v) is 26.9. The van der Waals surface area contributed by atoms with Crippen LogP contribution in [0.1, 0.15) is 130 Å². The minimum atomic E-state index is -3.07. The van der Waals surface area contributed by atoms with Gasteiger partial charge in [0, 0.05) is 11.6 Å². The average Bonchev–Trinajstić information content (AvgIpc) is 2.86. The number of nitrogens with two attached hydrogens (primary N) is 1. The zero-order valence-electron chi connectivity index (χ0n) is 25.1. The van der Waals surface area contributed by atoms with Crippen LogP contribution in [0, 0.1) is 5.92 Å². The molecule has 0 aromatic rings. The highest BCUT2D eigenvalue weighted by Gasteiger charge is 2.41. The van der Waals surface area contributed by atoms with E-state index in [0.29, 0.717) is 12.0 Å². The van der Waals surface area contributed by atoms with E-state index in [4.69, 9.17) is 19.0 Å². The minimum Gasteiger partial charge on any atom is -0.394 e. The molecule has 0 amide bonds. The highest BCUT2D eigenvalue weighted by molar-refractivity contribution is 6.60. The van der Waals surface area contributed by atoms with Gasteiger partial charge in [0.25, 0.3) is 0 Å². The van der Waals surface area contributed by atoms with E-state index in [2.05, 4.69) is 20.8 Å². The number of aliphatic hydroxyl groups is 3. The quantitative estimate of drug-likeness (QED) is 0.0594. The number of hydrogen-bond acceptors (Lipinski definition) is 7. The third-order valence-corrected chi connectivity index (χ3v) is 9.76. The van der Waals surface area contributed by atoms with Gasteiger partial charge in [-0.15, -0.1) is 12.4 Å². The van der Waals surface area contributed by atoms with Crippen LogP contribution in [0.3, 0.4) is 0 Å². The Morgan fingerprint density at radius 3 is 1.37 bits per heavy atom. The first-order valence-electron chi connectivity index (χ1n) is 15.4. The van der Waals surface area contributed by atoms with Crippen molar-refractivity contribution in [3.8, 4) is 0 Å². The first-order valence-corrected chi connectivity index (χ1v) is 17.3. The lowest BCUT2D eigenvalue weighted by atomic mass is 9.85. The molecule has 0 saturated carbocycles. The van der Waals surface area contributed by atoms with Crippen molar-refractivity contribution in [2.75, 3.05) is 39.6 Å². The maximum absolute atomic E-state index is 9.24. The molecular formula is C29H64ClNO6Si. The summed E-state index contributed by atoms with van der Waals surface area (Å²) in [7, 11) is -3.07. The van der Waals surface area contributed by atoms with Gasteiger partial charge in [0.05, 0.1) is 39.6 Å². The molecule has 0 heterocycles. The predicted molar refractivity (Wildman–Crippen MR) is 163 cm³/mol. The molecule has 0 radical (unpaired) electrons. The summed E-state index contributed by atoms with van der Waals surface area (Å²) < 4.78 is 17.5. The first kappa shape index (κ1) is 40.4. The molecule has 0 aromatic carbocycles. The lowest BCUT2D eigenvalue weighted by molar-refractivity contribution is 0.0272. The number of aliphatic hydroxyl groups excluding tert-OH is 3. The van der Waals surface area contributed by atoms with E-state index >= 15 is 0 Å². The summed E-state index contributed by atoms with van der Waals surface area (Å²) in [5.41, 5.74) is 6.18. The van der Waals surface area contributed by atoms with E-state index in [0.717, 1.165) is 19.3 Å². The van der Waals surface area contributed by atoms with Crippen LogP contribution in [-0.4, -0.2) is 69.3 Å². The molecule has 7 nitrogen and oxygen atoms in total. The number of rotatable bonds is 29. The maximum Gasteiger partial charge on any atom is 0.501 e. The molecular weight excluding hydrogens is 522 g/mol. The zero-order chi connectivity index (χ0) is 27.7. The van der Waals surface area contributed by atoms with Gasteiger partial charge in [0.15, 0.2) is 0 Å². The van der Waals surface area contributed by atoms with Gasteiger partial charge in [-0.2, -0.15) is 0 Å². The molecule has 38 heavy (non-hydrogen) atoms. The smallest absolute Gasteiger partial charge is 0.394 e. The molecule has 0 bridgehead atoms. The molecule has 0 aliphatic carbocycles. The molecule has 1 unspecified atom stereocenters. The predicted octanol–water partition coefficient (Wildman–Crippen LogP) is 6.38. The van der Waals surface area contributed by atoms with Crippen molar-refractivity contribution in [1.29, 1.82) is 0 Å². The van der Waals surface area contributed by atoms with Crippen LogP contribution in [-0.2, 0) is 13.3 Å². The Labute approximate surface area is 242 Å². The molecule has 0 aliphatic rings. The summed E-state index contributed by atoms with van der Waals surface area (Å²) in [4.78, 5) is 0. The minimum absolute atomic E-state index is 0. The fraction of sp³-hybridized carbons (Fsp3) is 1.00. The Morgan fingerprint density at radius 1 is 0.632 bits per heavy atom. The van der Waals surface area contributed by atoms with Crippen molar-refractivity contribution in [2.24, 2.45) is 11.7 Å². The fourth-order valence-electron chi connectivity index (χ4n) is 5.10. The number of halogens is 1. The van der Waals surface area contributed by atoms with E-state index < -0.39 is 8.80 Å². The Morgan fingerprint density at radius 2 is 1.00 bits per heavy atom. The summed E-state index contributed by atoms with van der Waals surface area (Å²) in [5, 5.41) is 27.7. The molecule has 0 aliphatic heterocycles. The summed E-state index contributed by atoms with van der Waals surface area (Å²) >= 11 is 0. The second-order valence-electron chi connectivity index (χ2n) is 11.4. The van der Waals surface area contributed by atoms with Gasteiger partial charge in [-0.3, -0.25) is 0 Å². The van der Waals surface area contributed by atoms with Crippen LogP contribution in [0.5, 0.6) is 0 Å². The highest BCUT2D eigenvalue weighted by atomic mass is 35.5. The van der Waals surface area contributed by atoms with Gasteiger partial charge in [-0.1, -0.05) is 103 Å². The van der Waals surface area contributed by atoms with Crippen LogP contribution < -0.4 is 5.73 Å². The van der Waals surface area contributed by atoms with Crippen LogP contribution in [0.25, 0.3) is 0 Å². The maximum atomic E-state index is 9.24. The molecule has 0 fully saturated rings. The van der Waals surface area contributed by atoms with Gasteiger partial charge >= 0.3 is 8.80 Å². The largest absolute Gasteiger partial charge is 0.501 e. The molecule has 0 spiro atoms. The van der Waals surface area contributed by atoms with Gasteiger partial charge in [-0.25, -0.2) is 0 Å². The van der Waals surface area contributed by atoms with E-state index in [-0.39, 0.29) is 57.6 Å². The van der Waals surface area contributed by atoms with Crippen LogP contribution >= 0.6 is 12.4 Å². The second kappa shape index (κ2) is 27.4. The Hall–Kier alpha value is 0.227. The lowest BCUT2D eigenvalue weighted by Gasteiger charge is -2.30. The van der Waals surface area contributed by atoms with E-state index in [1.807, 2.05) is 0 Å². The number of hydrogen-bond donors (Lipinski definition) is 4. The Kier molecular flexibility index (Phi) is 29.1. The van der Waals surface area contributed by atoms with E-state index in [9.17, 15) is 15.3 Å². The van der Waals surface area contributed by atoms with Crippen molar-refractivity contribution in [1.82, 2.24) is 0 Å². The van der Waals surface area contributed by atoms with Crippen molar-refractivity contribution in [3.63, 3.8) is 0 Å². The van der Waals surface area contributed by atoms with Gasteiger partial charge in [-0.05, 0) is 32.6 Å². The molecule has 9 heteroatoms. The second-order valence-corrected chi connectivity index (χ2v) is 14.1. The summed E-state index contributed by atoms with van der Waals surface area (Å²) in [5.74, 6) is 0.535. The summed E-state index contributed by atoms with van der Waals surface area (Å²) in [6, 6.07) is 0.604. The fourth-order valence-corrected chi connectivity index (χ4v) is 7.62. The molecule has 0 rings (SSSR count). The lowest BCUT2D eigenvalue weighted by Crippen LogP contribution is -2.47. The highest BCUT2D eigenvalue weighted by Crippen LogP contribution is 2.28. The molecule has 0 saturated heterocycles. The average molecular weight is 586 g/mol. The van der Waals surface area contributed by atoms with Crippen molar-refractivity contribution >= 4 is 21.2 Å². The first-order chi connectivity index (χ1) is 17.8. The van der Waals surface area contributed by atoms with Crippen LogP contribution in [0.15, 0.2) is 0 Å². The summed E-state index contributed by atoms with van der Waals surface area (Å²) in [6.45, 7) is 6.48. The van der Waals surface area contributed by atoms with Gasteiger partial charge in [0.2, 0.25) is 0 Å². The van der Waals surface area contributed by atoms with Crippen molar-refractivity contribution in [2.45, 2.75) is 142 Å². The third-order valence-electron chi connectivity index (χ3n) is 6.87. The van der Waals surface area contributed by atoms with Gasteiger partial charge < -0.3 is 34.3 Å². The van der Waals surface area contributed by atoms with Crippen molar-refractivity contribution in [3.05, 3.63) is 0 Å². The Balaban J connectivity index is 0. The molecule has 1 atom stereocenters. The monoisotopic (exact) mass is 585 g/mol. The third kappa shape index (κ3) is 25.2. The molecule has 232 valence electrons. The number of unbranched alkanes of at least 4 members (excludes halogenated alkanes) is 12. The molecule has 5 N–H and O–H groups in total. The van der Waals surface area contributed by atoms with Crippen LogP contribution in [0.4, 0.5) is 0 Å². The molecule has 0 aromatic heterocycles. The van der Waals surface area contributed by atoms with Crippen LogP contribution in [0.2, 0.25) is 6.04 Å². The Bertz CT molecular complexity index is 463.